The van der Waals surface area contributed by atoms with Crippen LogP contribution in [0.2, 0.25) is 10.0 Å². The lowest BCUT2D eigenvalue weighted by Crippen LogP contribution is -2.26. The third-order valence-electron chi connectivity index (χ3n) is 7.80. The fraction of sp³-hybridized carbons (Fsp3) is 0. The Morgan fingerprint density at radius 1 is 0.593 bits per heavy atom. The molecule has 0 spiro atoms. The van der Waals surface area contributed by atoms with Crippen molar-refractivity contribution in [3.63, 3.8) is 0 Å². The van der Waals surface area contributed by atoms with E-state index < -0.39 is 32.0 Å². The summed E-state index contributed by atoms with van der Waals surface area (Å²) in [4.78, 5) is 26.9. The number of anilines is 3. The fourth-order valence-electron chi connectivity index (χ4n) is 5.26. The van der Waals surface area contributed by atoms with Crippen molar-refractivity contribution in [1.29, 1.82) is 5.26 Å². The molecule has 0 bridgehead atoms. The molecule has 0 aromatic heterocycles. The summed E-state index contributed by atoms with van der Waals surface area (Å²) in [7, 11) is -8.37. The Hall–Kier alpha value is -6.38. The first-order valence-electron chi connectivity index (χ1n) is 15.3. The number of benzene rings is 6. The predicted molar refractivity (Wildman–Crippen MR) is 206 cm³/mol. The van der Waals surface area contributed by atoms with Gasteiger partial charge in [-0.2, -0.15) is 5.26 Å². The minimum atomic E-state index is -4.19. The van der Waals surface area contributed by atoms with Crippen LogP contribution in [0.15, 0.2) is 124 Å². The summed E-state index contributed by atoms with van der Waals surface area (Å²) in [6.45, 7) is 0. The van der Waals surface area contributed by atoms with Crippen molar-refractivity contribution in [2.45, 2.75) is 9.79 Å². The fourth-order valence-corrected chi connectivity index (χ4v) is 7.81. The van der Waals surface area contributed by atoms with Gasteiger partial charge in [0.15, 0.2) is 6.19 Å². The second kappa shape index (κ2) is 14.9. The number of carbonyl (C=O) groups is 2. The molecule has 0 heterocycles. The van der Waals surface area contributed by atoms with E-state index in [0.29, 0.717) is 22.1 Å². The highest BCUT2D eigenvalue weighted by molar-refractivity contribution is 7.93. The number of aromatic carboxylic acids is 2. The number of carboxylic acid groups (broad SMARTS) is 2. The zero-order valence-corrected chi connectivity index (χ0v) is 30.3. The first kappa shape index (κ1) is 37.4. The topological polar surface area (TPSA) is 227 Å². The number of aliphatic imine (C=N–C) groups is 1. The molecule has 0 atom stereocenters. The Bertz CT molecular complexity index is 2830. The van der Waals surface area contributed by atoms with Gasteiger partial charge in [0.1, 0.15) is 0 Å². The molecule has 18 heteroatoms. The number of rotatable bonds is 10. The molecule has 0 aliphatic rings. The highest BCUT2D eigenvalue weighted by Crippen LogP contribution is 2.29. The molecule has 54 heavy (non-hydrogen) atoms. The van der Waals surface area contributed by atoms with E-state index in [4.69, 9.17) is 23.2 Å². The third-order valence-corrected chi connectivity index (χ3v) is 11.2. The van der Waals surface area contributed by atoms with E-state index >= 15 is 0 Å². The number of hydrogen-bond acceptors (Lipinski definition) is 8. The van der Waals surface area contributed by atoms with E-state index in [1.807, 2.05) is 6.19 Å². The number of nitriles is 1. The largest absolute Gasteiger partial charge is 0.478 e. The molecule has 6 rings (SSSR count). The van der Waals surface area contributed by atoms with Gasteiger partial charge in [-0.05, 0) is 106 Å². The Morgan fingerprint density at radius 3 is 1.52 bits per heavy atom. The second-order valence-corrected chi connectivity index (χ2v) is 15.6. The molecule has 272 valence electrons. The number of fused-ring (bicyclic) bond motifs is 2. The molecule has 0 fully saturated rings. The SMILES string of the molecule is N#CNC(=Nc1ccc2ccc(NS(=O)(=O)c3ccc(Cl)c(C(=O)O)c3)cc2c1)Nc1ccc2ccc(NS(=O)(=O)c3ccc(Cl)c(C(=O)O)c3)cc2c1. The van der Waals surface area contributed by atoms with Crippen LogP contribution in [0, 0.1) is 11.5 Å². The van der Waals surface area contributed by atoms with Crippen molar-refractivity contribution in [3.05, 3.63) is 130 Å². The summed E-state index contributed by atoms with van der Waals surface area (Å²) in [6.07, 6.45) is 1.83. The van der Waals surface area contributed by atoms with Crippen LogP contribution in [-0.2, 0) is 20.0 Å². The lowest BCUT2D eigenvalue weighted by Gasteiger charge is -2.12. The highest BCUT2D eigenvalue weighted by Gasteiger charge is 2.20. The van der Waals surface area contributed by atoms with Gasteiger partial charge >= 0.3 is 11.9 Å². The number of sulfonamides is 2. The van der Waals surface area contributed by atoms with E-state index in [2.05, 4.69) is 25.1 Å². The minimum Gasteiger partial charge on any atom is -0.478 e. The van der Waals surface area contributed by atoms with Crippen molar-refractivity contribution in [2.75, 3.05) is 14.8 Å². The van der Waals surface area contributed by atoms with E-state index in [0.717, 1.165) is 22.9 Å². The maximum absolute atomic E-state index is 13.1. The smallest absolute Gasteiger partial charge is 0.337 e. The summed E-state index contributed by atoms with van der Waals surface area (Å²) in [5.74, 6) is -2.71. The van der Waals surface area contributed by atoms with Crippen LogP contribution in [0.4, 0.5) is 22.7 Å². The molecule has 6 aromatic carbocycles. The molecule has 14 nitrogen and oxygen atoms in total. The van der Waals surface area contributed by atoms with E-state index in [1.165, 1.54) is 24.3 Å². The molecular weight excluding hydrogens is 779 g/mol. The van der Waals surface area contributed by atoms with Crippen LogP contribution in [0.25, 0.3) is 21.5 Å². The van der Waals surface area contributed by atoms with Crippen molar-refractivity contribution >= 4 is 105 Å². The van der Waals surface area contributed by atoms with Crippen molar-refractivity contribution in [3.8, 4) is 6.19 Å². The number of guanidine groups is 1. The van der Waals surface area contributed by atoms with Crippen molar-refractivity contribution < 1.29 is 36.6 Å². The van der Waals surface area contributed by atoms with Gasteiger partial charge < -0.3 is 15.5 Å². The number of halogens is 2. The summed E-state index contributed by atoms with van der Waals surface area (Å²) in [5.41, 5.74) is 0.552. The van der Waals surface area contributed by atoms with Crippen LogP contribution >= 0.6 is 23.2 Å². The normalized spacial score (nSPS) is 11.8. The quantitative estimate of drug-likeness (QED) is 0.0345. The van der Waals surface area contributed by atoms with Gasteiger partial charge in [0.25, 0.3) is 20.0 Å². The van der Waals surface area contributed by atoms with Crippen LogP contribution < -0.4 is 20.1 Å². The molecule has 6 aromatic rings. The lowest BCUT2D eigenvalue weighted by molar-refractivity contribution is 0.0686. The van der Waals surface area contributed by atoms with Gasteiger partial charge in [-0.15, -0.1) is 0 Å². The molecular formula is C36H24Cl2N6O8S2. The minimum absolute atomic E-state index is 0.0406. The van der Waals surface area contributed by atoms with Crippen molar-refractivity contribution in [1.82, 2.24) is 5.32 Å². The third kappa shape index (κ3) is 8.30. The van der Waals surface area contributed by atoms with Gasteiger partial charge in [-0.3, -0.25) is 14.8 Å². The molecule has 6 N–H and O–H groups in total. The standard InChI is InChI=1S/C36H24Cl2N6O8S2/c37-32-11-9-28(17-30(32)34(45)46)53(49,50)43-26-7-3-20-1-5-24(13-22(20)15-26)41-36(40-19-39)42-25-6-2-21-4-8-27(16-23(21)14-25)44-54(51,52)29-10-12-33(38)31(18-29)35(47)48/h1-18,43-44H,(H,45,46)(H,47,48)(H2,40,41,42). The summed E-state index contributed by atoms with van der Waals surface area (Å²) in [6, 6.07) is 26.6. The molecule has 0 saturated carbocycles. The van der Waals surface area contributed by atoms with Crippen LogP contribution in [0.3, 0.4) is 0 Å². The average molecular weight is 804 g/mol. The molecule has 0 amide bonds. The monoisotopic (exact) mass is 802 g/mol. The predicted octanol–water partition coefficient (Wildman–Crippen LogP) is 7.47. The maximum Gasteiger partial charge on any atom is 0.337 e. The number of hydrogen-bond donors (Lipinski definition) is 6. The first-order valence-corrected chi connectivity index (χ1v) is 19.0. The van der Waals surface area contributed by atoms with Gasteiger partial charge in [-0.1, -0.05) is 47.5 Å². The number of nitrogens with zero attached hydrogens (tertiary/aromatic N) is 2. The highest BCUT2D eigenvalue weighted by atomic mass is 35.5. The maximum atomic E-state index is 13.1. The number of nitrogens with one attached hydrogen (secondary N) is 4. The average Bonchev–Trinajstić information content (AvgIpc) is 3.11. The molecule has 0 aliphatic carbocycles. The molecule has 0 aliphatic heterocycles. The zero-order chi connectivity index (χ0) is 38.8. The van der Waals surface area contributed by atoms with Crippen molar-refractivity contribution in [2.24, 2.45) is 4.99 Å². The molecule has 0 radical (unpaired) electrons. The molecule has 0 unspecified atom stereocenters. The lowest BCUT2D eigenvalue weighted by atomic mass is 10.1. The van der Waals surface area contributed by atoms with Crippen LogP contribution in [0.1, 0.15) is 20.7 Å². The molecule has 0 saturated heterocycles. The number of carboxylic acids is 2. The van der Waals surface area contributed by atoms with E-state index in [9.17, 15) is 41.9 Å². The van der Waals surface area contributed by atoms with Gasteiger partial charge in [0.05, 0.1) is 36.7 Å². The second-order valence-electron chi connectivity index (χ2n) is 11.4. The summed E-state index contributed by atoms with van der Waals surface area (Å²) < 4.78 is 57.2. The van der Waals surface area contributed by atoms with Gasteiger partial charge in [-0.25, -0.2) is 31.4 Å². The Kier molecular flexibility index (Phi) is 10.3. The van der Waals surface area contributed by atoms with E-state index in [-0.39, 0.29) is 48.3 Å². The van der Waals surface area contributed by atoms with Gasteiger partial charge in [0, 0.05) is 17.1 Å². The summed E-state index contributed by atoms with van der Waals surface area (Å²) in [5, 5.41) is 36.1. The van der Waals surface area contributed by atoms with Crippen LogP contribution in [0.5, 0.6) is 0 Å². The Morgan fingerprint density at radius 2 is 1.04 bits per heavy atom. The Labute approximate surface area is 317 Å². The van der Waals surface area contributed by atoms with Gasteiger partial charge in [0.2, 0.25) is 5.96 Å². The summed E-state index contributed by atoms with van der Waals surface area (Å²) >= 11 is 11.8. The zero-order valence-electron chi connectivity index (χ0n) is 27.2. The first-order chi connectivity index (χ1) is 25.6. The van der Waals surface area contributed by atoms with Crippen LogP contribution in [-0.4, -0.2) is 44.9 Å². The van der Waals surface area contributed by atoms with E-state index in [1.54, 1.807) is 72.8 Å². The Balaban J connectivity index is 1.24.